The standard InChI is InChI=1S/C40H46N2O6S/c1-4-6-13-39(44)41-34-19-16-31(17-20-34)32-18-25-37(29(3)27-32)38(43)28-33(15-14-30-11-9-8-10-12-30)40(45)42-49(46,47)36-23-21-35(22-24-36)48-26-7-5-2/h8-12,16-25,27,33H,4-7,13-15,26,28H2,1-3H3,(H,41,44)(H,42,45). The Bertz CT molecular complexity index is 1800. The summed E-state index contributed by atoms with van der Waals surface area (Å²) in [5.74, 6) is -1.30. The molecule has 4 rings (SSSR count). The van der Waals surface area contributed by atoms with Crippen molar-refractivity contribution in [2.45, 2.75) is 77.0 Å². The highest BCUT2D eigenvalue weighted by Crippen LogP contribution is 2.27. The lowest BCUT2D eigenvalue weighted by Gasteiger charge is -2.18. The van der Waals surface area contributed by atoms with Gasteiger partial charge in [0.25, 0.3) is 10.0 Å². The Morgan fingerprint density at radius 2 is 1.47 bits per heavy atom. The number of carbonyl (C=O) groups excluding carboxylic acids is 3. The number of sulfonamides is 1. The molecule has 1 unspecified atom stereocenters. The van der Waals surface area contributed by atoms with Crippen molar-refractivity contribution in [2.75, 3.05) is 11.9 Å². The molecule has 8 nitrogen and oxygen atoms in total. The van der Waals surface area contributed by atoms with Gasteiger partial charge in [-0.3, -0.25) is 14.4 Å². The van der Waals surface area contributed by atoms with Gasteiger partial charge in [-0.2, -0.15) is 0 Å². The summed E-state index contributed by atoms with van der Waals surface area (Å²) in [6.07, 6.45) is 4.80. The molecule has 2 N–H and O–H groups in total. The fraction of sp³-hybridized carbons (Fsp3) is 0.325. The topological polar surface area (TPSA) is 119 Å². The van der Waals surface area contributed by atoms with E-state index >= 15 is 0 Å². The maximum Gasteiger partial charge on any atom is 0.264 e. The summed E-state index contributed by atoms with van der Waals surface area (Å²) in [5.41, 5.74) is 4.77. The number of carbonyl (C=O) groups is 3. The number of unbranched alkanes of at least 4 members (excludes halogenated alkanes) is 2. The van der Waals surface area contributed by atoms with Crippen LogP contribution < -0.4 is 14.8 Å². The van der Waals surface area contributed by atoms with Crippen LogP contribution in [-0.2, 0) is 26.0 Å². The fourth-order valence-corrected chi connectivity index (χ4v) is 6.48. The van der Waals surface area contributed by atoms with Crippen molar-refractivity contribution in [3.63, 3.8) is 0 Å². The van der Waals surface area contributed by atoms with Crippen molar-refractivity contribution < 1.29 is 27.5 Å². The highest BCUT2D eigenvalue weighted by Gasteiger charge is 2.28. The van der Waals surface area contributed by atoms with E-state index < -0.39 is 21.8 Å². The summed E-state index contributed by atoms with van der Waals surface area (Å²) in [6, 6.07) is 28.6. The lowest BCUT2D eigenvalue weighted by Crippen LogP contribution is -2.37. The van der Waals surface area contributed by atoms with Gasteiger partial charge in [-0.05, 0) is 91.3 Å². The van der Waals surface area contributed by atoms with Crippen molar-refractivity contribution in [2.24, 2.45) is 5.92 Å². The number of hydrogen-bond acceptors (Lipinski definition) is 6. The molecule has 9 heteroatoms. The Kier molecular flexibility index (Phi) is 13.7. The fourth-order valence-electron chi connectivity index (χ4n) is 5.43. The largest absolute Gasteiger partial charge is 0.494 e. The summed E-state index contributed by atoms with van der Waals surface area (Å²) < 4.78 is 34.3. The number of nitrogens with one attached hydrogen (secondary N) is 2. The Labute approximate surface area is 290 Å². The molecule has 49 heavy (non-hydrogen) atoms. The van der Waals surface area contributed by atoms with Crippen molar-refractivity contribution in [1.82, 2.24) is 4.72 Å². The van der Waals surface area contributed by atoms with Crippen LogP contribution in [0.1, 0.15) is 80.3 Å². The third-order valence-electron chi connectivity index (χ3n) is 8.35. The maximum absolute atomic E-state index is 13.7. The molecule has 0 bridgehead atoms. The molecule has 0 saturated heterocycles. The number of rotatable bonds is 18. The van der Waals surface area contributed by atoms with Gasteiger partial charge in [0.15, 0.2) is 5.78 Å². The van der Waals surface area contributed by atoms with Crippen LogP contribution in [0.3, 0.4) is 0 Å². The molecule has 0 fully saturated rings. The number of benzene rings is 4. The SMILES string of the molecule is CCCCOc1ccc(S(=O)(=O)NC(=O)C(CCc2ccccc2)CC(=O)c2ccc(-c3ccc(NC(=O)CCCC)cc3)cc2C)cc1. The van der Waals surface area contributed by atoms with Crippen LogP contribution in [0.25, 0.3) is 11.1 Å². The van der Waals surface area contributed by atoms with Gasteiger partial charge in [0.1, 0.15) is 5.75 Å². The average Bonchev–Trinajstić information content (AvgIpc) is 3.10. The van der Waals surface area contributed by atoms with Gasteiger partial charge < -0.3 is 10.1 Å². The van der Waals surface area contributed by atoms with Gasteiger partial charge in [-0.1, -0.05) is 87.4 Å². The van der Waals surface area contributed by atoms with Crippen LogP contribution >= 0.6 is 0 Å². The molecule has 0 saturated carbocycles. The van der Waals surface area contributed by atoms with E-state index in [0.717, 1.165) is 53.6 Å². The van der Waals surface area contributed by atoms with Gasteiger partial charge in [-0.25, -0.2) is 13.1 Å². The second-order valence-corrected chi connectivity index (χ2v) is 13.9. The van der Waals surface area contributed by atoms with E-state index in [9.17, 15) is 22.8 Å². The number of anilines is 1. The Morgan fingerprint density at radius 1 is 0.796 bits per heavy atom. The predicted octanol–water partition coefficient (Wildman–Crippen LogP) is 8.30. The van der Waals surface area contributed by atoms with E-state index in [-0.39, 0.29) is 23.0 Å². The third kappa shape index (κ3) is 11.1. The maximum atomic E-state index is 13.7. The van der Waals surface area contributed by atoms with E-state index in [1.165, 1.54) is 12.1 Å². The lowest BCUT2D eigenvalue weighted by molar-refractivity contribution is -0.123. The molecule has 4 aromatic rings. The van der Waals surface area contributed by atoms with Crippen LogP contribution in [-0.4, -0.2) is 32.6 Å². The summed E-state index contributed by atoms with van der Waals surface area (Å²) in [7, 11) is -4.18. The molecule has 0 aromatic heterocycles. The number of aryl methyl sites for hydroxylation is 2. The highest BCUT2D eigenvalue weighted by atomic mass is 32.2. The van der Waals surface area contributed by atoms with E-state index in [0.29, 0.717) is 37.2 Å². The van der Waals surface area contributed by atoms with Crippen LogP contribution in [0.2, 0.25) is 0 Å². The van der Waals surface area contributed by atoms with Crippen molar-refractivity contribution in [3.05, 3.63) is 114 Å². The molecule has 0 radical (unpaired) electrons. The predicted molar refractivity (Wildman–Crippen MR) is 194 cm³/mol. The molecule has 0 aliphatic carbocycles. The number of ether oxygens (including phenoxy) is 1. The Balaban J connectivity index is 1.47. The minimum Gasteiger partial charge on any atom is -0.494 e. The first-order valence-electron chi connectivity index (χ1n) is 17.0. The Hall–Kier alpha value is -4.76. The smallest absolute Gasteiger partial charge is 0.264 e. The molecule has 4 aromatic carbocycles. The number of amides is 2. The second-order valence-electron chi connectivity index (χ2n) is 12.3. The molecule has 0 aliphatic heterocycles. The molecular weight excluding hydrogens is 637 g/mol. The first-order chi connectivity index (χ1) is 23.6. The molecule has 2 amide bonds. The van der Waals surface area contributed by atoms with Crippen LogP contribution in [0.15, 0.2) is 102 Å². The number of ketones is 1. The highest BCUT2D eigenvalue weighted by molar-refractivity contribution is 7.90. The first-order valence-corrected chi connectivity index (χ1v) is 18.5. The minimum absolute atomic E-state index is 0.0106. The molecule has 0 spiro atoms. The van der Waals surface area contributed by atoms with Gasteiger partial charge in [-0.15, -0.1) is 0 Å². The molecule has 0 aliphatic rings. The van der Waals surface area contributed by atoms with E-state index in [1.807, 2.05) is 80.6 Å². The zero-order valence-electron chi connectivity index (χ0n) is 28.5. The van der Waals surface area contributed by atoms with Crippen LogP contribution in [0.5, 0.6) is 5.75 Å². The summed E-state index contributed by atoms with van der Waals surface area (Å²) in [4.78, 5) is 39.2. The van der Waals surface area contributed by atoms with Crippen molar-refractivity contribution >= 4 is 33.3 Å². The zero-order valence-corrected chi connectivity index (χ0v) is 29.4. The van der Waals surface area contributed by atoms with Gasteiger partial charge >= 0.3 is 0 Å². The molecule has 258 valence electrons. The average molecular weight is 683 g/mol. The van der Waals surface area contributed by atoms with E-state index in [1.54, 1.807) is 18.2 Å². The normalized spacial score (nSPS) is 11.8. The van der Waals surface area contributed by atoms with Crippen LogP contribution in [0, 0.1) is 12.8 Å². The number of Topliss-reactive ketones (excluding diaryl/α,β-unsaturated/α-hetero) is 1. The van der Waals surface area contributed by atoms with Crippen molar-refractivity contribution in [3.8, 4) is 16.9 Å². The van der Waals surface area contributed by atoms with Crippen molar-refractivity contribution in [1.29, 1.82) is 0 Å². The zero-order chi connectivity index (χ0) is 35.2. The van der Waals surface area contributed by atoms with Gasteiger partial charge in [0.05, 0.1) is 11.5 Å². The lowest BCUT2D eigenvalue weighted by atomic mass is 9.89. The second kappa shape index (κ2) is 18.1. The van der Waals surface area contributed by atoms with Gasteiger partial charge in [0, 0.05) is 30.0 Å². The summed E-state index contributed by atoms with van der Waals surface area (Å²) in [6.45, 7) is 6.48. The summed E-state index contributed by atoms with van der Waals surface area (Å²) in [5, 5.41) is 2.91. The van der Waals surface area contributed by atoms with Crippen LogP contribution in [0.4, 0.5) is 5.69 Å². The first kappa shape index (κ1) is 37.1. The summed E-state index contributed by atoms with van der Waals surface area (Å²) >= 11 is 0. The van der Waals surface area contributed by atoms with E-state index in [2.05, 4.69) is 17.0 Å². The molecule has 1 atom stereocenters. The Morgan fingerprint density at radius 3 is 2.12 bits per heavy atom. The monoisotopic (exact) mass is 682 g/mol. The quantitative estimate of drug-likeness (QED) is 0.0805. The number of hydrogen-bond donors (Lipinski definition) is 2. The third-order valence-corrected chi connectivity index (χ3v) is 9.71. The van der Waals surface area contributed by atoms with Gasteiger partial charge in [0.2, 0.25) is 11.8 Å². The van der Waals surface area contributed by atoms with E-state index in [4.69, 9.17) is 4.74 Å². The molecular formula is C40H46N2O6S. The minimum atomic E-state index is -4.18. The molecule has 0 heterocycles.